The number of amides is 1. The summed E-state index contributed by atoms with van der Waals surface area (Å²) in [7, 11) is 1.77. The summed E-state index contributed by atoms with van der Waals surface area (Å²) in [4.78, 5) is 18.5. The lowest BCUT2D eigenvalue weighted by molar-refractivity contribution is -0.121. The van der Waals surface area contributed by atoms with Crippen LogP contribution in [-0.4, -0.2) is 60.0 Å². The summed E-state index contributed by atoms with van der Waals surface area (Å²) in [5, 5.41) is 6.75. The first-order valence-electron chi connectivity index (χ1n) is 7.61. The van der Waals surface area contributed by atoms with Gasteiger partial charge in [-0.3, -0.25) is 9.79 Å². The van der Waals surface area contributed by atoms with Crippen LogP contribution in [0.15, 0.2) is 4.99 Å². The Balaban J connectivity index is 2.50. The number of guanidine groups is 1. The van der Waals surface area contributed by atoms with E-state index in [0.29, 0.717) is 11.2 Å². The average molecular weight is 314 g/mol. The molecule has 0 aliphatic carbocycles. The number of rotatable bonds is 3. The van der Waals surface area contributed by atoms with Crippen molar-refractivity contribution in [1.29, 1.82) is 0 Å². The molecule has 1 aliphatic rings. The average Bonchev–Trinajstić information content (AvgIpc) is 2.37. The lowest BCUT2D eigenvalue weighted by Crippen LogP contribution is -2.52. The first-order valence-corrected chi connectivity index (χ1v) is 8.66. The summed E-state index contributed by atoms with van der Waals surface area (Å²) in [5.41, 5.74) is -0.202. The molecule has 0 aromatic heterocycles. The Morgan fingerprint density at radius 2 is 2.10 bits per heavy atom. The summed E-state index contributed by atoms with van der Waals surface area (Å²) < 4.78 is 0. The summed E-state index contributed by atoms with van der Waals surface area (Å²) in [6, 6.07) is 0. The Labute approximate surface area is 133 Å². The third kappa shape index (κ3) is 6.59. The number of nitrogens with zero attached hydrogens (tertiary/aromatic N) is 2. The van der Waals surface area contributed by atoms with Gasteiger partial charge in [0.2, 0.25) is 5.91 Å². The molecule has 1 fully saturated rings. The van der Waals surface area contributed by atoms with E-state index in [1.807, 2.05) is 32.5 Å². The fourth-order valence-corrected chi connectivity index (χ4v) is 3.52. The number of carbonyl (C=O) groups is 1. The van der Waals surface area contributed by atoms with Crippen molar-refractivity contribution in [2.75, 3.05) is 32.4 Å². The Hall–Kier alpha value is -0.910. The van der Waals surface area contributed by atoms with Gasteiger partial charge in [0, 0.05) is 36.7 Å². The summed E-state index contributed by atoms with van der Waals surface area (Å²) >= 11 is 2.03. The second-order valence-corrected chi connectivity index (χ2v) is 8.15. The van der Waals surface area contributed by atoms with Gasteiger partial charge in [0.15, 0.2) is 5.96 Å². The molecular formula is C15H30N4OS. The number of aliphatic imine (C=N–C) groups is 1. The first-order chi connectivity index (χ1) is 9.73. The number of nitrogens with one attached hydrogen (secondary N) is 2. The molecule has 0 spiro atoms. The number of hydrogen-bond donors (Lipinski definition) is 2. The van der Waals surface area contributed by atoms with E-state index in [0.717, 1.165) is 24.8 Å². The summed E-state index contributed by atoms with van der Waals surface area (Å²) in [5.74, 6) is 2.58. The predicted molar refractivity (Wildman–Crippen MR) is 91.9 cm³/mol. The lowest BCUT2D eigenvalue weighted by atomic mass is 10.1. The number of hydrogen-bond acceptors (Lipinski definition) is 3. The van der Waals surface area contributed by atoms with Crippen molar-refractivity contribution >= 4 is 23.6 Å². The molecule has 2 N–H and O–H groups in total. The van der Waals surface area contributed by atoms with Crippen molar-refractivity contribution in [2.45, 2.75) is 45.4 Å². The minimum Gasteiger partial charge on any atom is -0.350 e. The van der Waals surface area contributed by atoms with Crippen molar-refractivity contribution < 1.29 is 4.79 Å². The van der Waals surface area contributed by atoms with Crippen LogP contribution >= 0.6 is 11.8 Å². The van der Waals surface area contributed by atoms with Crippen molar-refractivity contribution in [3.63, 3.8) is 0 Å². The van der Waals surface area contributed by atoms with Gasteiger partial charge in [0.05, 0.1) is 6.54 Å². The van der Waals surface area contributed by atoms with Gasteiger partial charge < -0.3 is 15.5 Å². The maximum atomic E-state index is 11.9. The zero-order chi connectivity index (χ0) is 16.0. The first kappa shape index (κ1) is 18.1. The fraction of sp³-hybridized carbons (Fsp3) is 0.867. The van der Waals surface area contributed by atoms with Gasteiger partial charge >= 0.3 is 0 Å². The Kier molecular flexibility index (Phi) is 6.84. The van der Waals surface area contributed by atoms with Crippen molar-refractivity contribution in [3.05, 3.63) is 0 Å². The highest BCUT2D eigenvalue weighted by Crippen LogP contribution is 2.24. The van der Waals surface area contributed by atoms with Crippen molar-refractivity contribution in [3.8, 4) is 0 Å². The summed E-state index contributed by atoms with van der Waals surface area (Å²) in [6.45, 7) is 12.7. The van der Waals surface area contributed by atoms with E-state index in [4.69, 9.17) is 0 Å². The third-order valence-corrected chi connectivity index (χ3v) is 4.81. The molecule has 1 unspecified atom stereocenters. The quantitative estimate of drug-likeness (QED) is 0.613. The smallest absolute Gasteiger partial charge is 0.239 e. The van der Waals surface area contributed by atoms with E-state index in [1.165, 1.54) is 0 Å². The molecule has 1 rings (SSSR count). The van der Waals surface area contributed by atoms with Gasteiger partial charge in [0.1, 0.15) is 0 Å². The van der Waals surface area contributed by atoms with Gasteiger partial charge in [-0.05, 0) is 26.7 Å². The highest BCUT2D eigenvalue weighted by Gasteiger charge is 2.25. The van der Waals surface area contributed by atoms with Crippen LogP contribution in [0.2, 0.25) is 0 Å². The summed E-state index contributed by atoms with van der Waals surface area (Å²) in [6.07, 6.45) is 0. The molecule has 1 atom stereocenters. The van der Waals surface area contributed by atoms with Crippen molar-refractivity contribution in [1.82, 2.24) is 15.5 Å². The van der Waals surface area contributed by atoms with Gasteiger partial charge in [-0.2, -0.15) is 11.8 Å². The van der Waals surface area contributed by atoms with E-state index in [-0.39, 0.29) is 18.0 Å². The van der Waals surface area contributed by atoms with Gasteiger partial charge in [-0.15, -0.1) is 0 Å². The monoisotopic (exact) mass is 314 g/mol. The molecular weight excluding hydrogens is 284 g/mol. The highest BCUT2D eigenvalue weighted by molar-refractivity contribution is 8.00. The SMILES string of the molecule is CN=C(NCC(=O)NC(C)(C)C)N1CCSC(C(C)C)C1. The number of carbonyl (C=O) groups excluding carboxylic acids is 1. The molecule has 1 amide bonds. The molecule has 0 saturated carbocycles. The Morgan fingerprint density at radius 1 is 1.43 bits per heavy atom. The number of thioether (sulfide) groups is 1. The van der Waals surface area contributed by atoms with Crippen LogP contribution in [0.5, 0.6) is 0 Å². The van der Waals surface area contributed by atoms with Gasteiger partial charge in [-0.25, -0.2) is 0 Å². The van der Waals surface area contributed by atoms with Crippen LogP contribution in [0.1, 0.15) is 34.6 Å². The Morgan fingerprint density at radius 3 is 2.62 bits per heavy atom. The van der Waals surface area contributed by atoms with E-state index in [1.54, 1.807) is 7.05 Å². The normalized spacial score (nSPS) is 20.6. The van der Waals surface area contributed by atoms with Crippen LogP contribution in [-0.2, 0) is 4.79 Å². The molecule has 0 bridgehead atoms. The zero-order valence-corrected chi connectivity index (χ0v) is 15.0. The van der Waals surface area contributed by atoms with Crippen LogP contribution in [0, 0.1) is 5.92 Å². The molecule has 21 heavy (non-hydrogen) atoms. The molecule has 0 aromatic carbocycles. The zero-order valence-electron chi connectivity index (χ0n) is 14.2. The van der Waals surface area contributed by atoms with Gasteiger partial charge in [-0.1, -0.05) is 13.8 Å². The molecule has 6 heteroatoms. The maximum Gasteiger partial charge on any atom is 0.239 e. The second kappa shape index (κ2) is 7.92. The van der Waals surface area contributed by atoms with Crippen LogP contribution < -0.4 is 10.6 Å². The highest BCUT2D eigenvalue weighted by atomic mass is 32.2. The molecule has 1 aliphatic heterocycles. The van der Waals surface area contributed by atoms with E-state index in [2.05, 4.69) is 34.4 Å². The molecule has 122 valence electrons. The van der Waals surface area contributed by atoms with Gasteiger partial charge in [0.25, 0.3) is 0 Å². The maximum absolute atomic E-state index is 11.9. The molecule has 0 radical (unpaired) electrons. The minimum atomic E-state index is -0.202. The third-order valence-electron chi connectivity index (χ3n) is 3.27. The lowest BCUT2D eigenvalue weighted by Gasteiger charge is -2.36. The van der Waals surface area contributed by atoms with Crippen LogP contribution in [0.4, 0.5) is 0 Å². The van der Waals surface area contributed by atoms with E-state index >= 15 is 0 Å². The molecule has 5 nitrogen and oxygen atoms in total. The minimum absolute atomic E-state index is 0.00422. The van der Waals surface area contributed by atoms with E-state index in [9.17, 15) is 4.79 Å². The predicted octanol–water partition coefficient (Wildman–Crippen LogP) is 1.55. The largest absolute Gasteiger partial charge is 0.350 e. The van der Waals surface area contributed by atoms with Crippen molar-refractivity contribution in [2.24, 2.45) is 10.9 Å². The standard InChI is InChI=1S/C15H30N4OS/c1-11(2)12-10-19(7-8-21-12)14(16-6)17-9-13(20)18-15(3,4)5/h11-12H,7-10H2,1-6H3,(H,16,17)(H,18,20). The molecule has 1 heterocycles. The second-order valence-electron chi connectivity index (χ2n) is 6.80. The fourth-order valence-electron chi connectivity index (χ4n) is 2.23. The van der Waals surface area contributed by atoms with E-state index < -0.39 is 0 Å². The Bertz CT molecular complexity index is 376. The topological polar surface area (TPSA) is 56.7 Å². The van der Waals surface area contributed by atoms with Crippen LogP contribution in [0.3, 0.4) is 0 Å². The van der Waals surface area contributed by atoms with Crippen LogP contribution in [0.25, 0.3) is 0 Å². The molecule has 1 saturated heterocycles. The molecule has 0 aromatic rings.